The number of anilines is 1. The van der Waals surface area contributed by atoms with E-state index in [4.69, 9.17) is 4.74 Å². The maximum atomic E-state index is 12.9. The highest BCUT2D eigenvalue weighted by Crippen LogP contribution is 2.31. The van der Waals surface area contributed by atoms with Gasteiger partial charge in [-0.1, -0.05) is 44.2 Å². The van der Waals surface area contributed by atoms with E-state index in [0.717, 1.165) is 27.4 Å². The first-order valence-electron chi connectivity index (χ1n) is 10.1. The minimum absolute atomic E-state index is 0.0677. The van der Waals surface area contributed by atoms with Crippen LogP contribution in [0.2, 0.25) is 0 Å². The lowest BCUT2D eigenvalue weighted by molar-refractivity contribution is -0.127. The fourth-order valence-corrected chi connectivity index (χ4v) is 4.03. The Morgan fingerprint density at radius 3 is 2.35 bits per heavy atom. The number of carbonyl (C=O) groups is 2. The molecule has 0 fully saturated rings. The minimum Gasteiger partial charge on any atom is -0.497 e. The van der Waals surface area contributed by atoms with E-state index in [1.54, 1.807) is 7.11 Å². The van der Waals surface area contributed by atoms with E-state index in [1.165, 1.54) is 11.3 Å². The van der Waals surface area contributed by atoms with Gasteiger partial charge in [-0.3, -0.25) is 9.59 Å². The van der Waals surface area contributed by atoms with Crippen LogP contribution >= 0.6 is 11.3 Å². The lowest BCUT2D eigenvalue weighted by atomic mass is 10.0. The fraction of sp³-hybridized carbons (Fsp3) is 0.292. The van der Waals surface area contributed by atoms with Crippen molar-refractivity contribution in [2.45, 2.75) is 33.2 Å². The van der Waals surface area contributed by atoms with Gasteiger partial charge in [0.2, 0.25) is 11.8 Å². The summed E-state index contributed by atoms with van der Waals surface area (Å²) in [5.74, 6) is 0.249. The first-order valence-corrected chi connectivity index (χ1v) is 10.9. The number of benzene rings is 2. The van der Waals surface area contributed by atoms with Gasteiger partial charge in [-0.05, 0) is 42.7 Å². The third-order valence-corrected chi connectivity index (χ3v) is 5.75. The molecule has 1 heterocycles. The van der Waals surface area contributed by atoms with Gasteiger partial charge in [0.05, 0.1) is 19.2 Å². The standard InChI is InChI=1S/C24H27N3O3S/c1-15(2)21(25-20(28)14-17-8-6-5-7-9-17)23(29)27-24-26-22(16(3)31-24)18-10-12-19(30-4)13-11-18/h5-13,15,21H,14H2,1-4H3,(H,25,28)(H,26,27,29)/t21-/m1/s1. The molecular weight excluding hydrogens is 410 g/mol. The Balaban J connectivity index is 1.68. The molecular formula is C24H27N3O3S. The Hall–Kier alpha value is -3.19. The number of nitrogens with one attached hydrogen (secondary N) is 2. The van der Waals surface area contributed by atoms with Crippen LogP contribution in [-0.4, -0.2) is 29.9 Å². The van der Waals surface area contributed by atoms with Crippen LogP contribution in [0.3, 0.4) is 0 Å². The van der Waals surface area contributed by atoms with Gasteiger partial charge < -0.3 is 15.4 Å². The molecule has 0 spiro atoms. The summed E-state index contributed by atoms with van der Waals surface area (Å²) in [7, 11) is 1.63. The Bertz CT molecular complexity index is 1030. The molecule has 0 aliphatic heterocycles. The number of carbonyl (C=O) groups excluding carboxylic acids is 2. The number of thiazole rings is 1. The van der Waals surface area contributed by atoms with Crippen LogP contribution in [0.1, 0.15) is 24.3 Å². The summed E-state index contributed by atoms with van der Waals surface area (Å²) in [6, 6.07) is 16.5. The molecule has 162 valence electrons. The number of hydrogen-bond acceptors (Lipinski definition) is 5. The second kappa shape index (κ2) is 10.2. The minimum atomic E-state index is -0.648. The summed E-state index contributed by atoms with van der Waals surface area (Å²) in [5, 5.41) is 6.25. The van der Waals surface area contributed by atoms with E-state index in [9.17, 15) is 9.59 Å². The van der Waals surface area contributed by atoms with E-state index in [1.807, 2.05) is 75.4 Å². The molecule has 0 aliphatic rings. The molecule has 6 nitrogen and oxygen atoms in total. The molecule has 0 bridgehead atoms. The van der Waals surface area contributed by atoms with Crippen molar-refractivity contribution >= 4 is 28.3 Å². The first-order chi connectivity index (χ1) is 14.9. The Morgan fingerprint density at radius 2 is 1.74 bits per heavy atom. The van der Waals surface area contributed by atoms with Gasteiger partial charge in [0.25, 0.3) is 0 Å². The second-order valence-electron chi connectivity index (χ2n) is 7.59. The molecule has 1 aromatic heterocycles. The van der Waals surface area contributed by atoms with E-state index < -0.39 is 6.04 Å². The van der Waals surface area contributed by atoms with Crippen LogP contribution in [0.25, 0.3) is 11.3 Å². The van der Waals surface area contributed by atoms with Crippen molar-refractivity contribution in [1.82, 2.24) is 10.3 Å². The third kappa shape index (κ3) is 5.92. The first kappa shape index (κ1) is 22.5. The summed E-state index contributed by atoms with van der Waals surface area (Å²) in [6.45, 7) is 5.78. The van der Waals surface area contributed by atoms with Gasteiger partial charge in [0.15, 0.2) is 5.13 Å². The molecule has 2 aromatic carbocycles. The lowest BCUT2D eigenvalue weighted by Crippen LogP contribution is -2.47. The summed E-state index contributed by atoms with van der Waals surface area (Å²) in [4.78, 5) is 31.0. The SMILES string of the molecule is COc1ccc(-c2nc(NC(=O)[C@H](NC(=O)Cc3ccccc3)C(C)C)sc2C)cc1. The van der Waals surface area contributed by atoms with Crippen LogP contribution in [0.15, 0.2) is 54.6 Å². The van der Waals surface area contributed by atoms with Crippen LogP contribution < -0.4 is 15.4 Å². The number of rotatable bonds is 8. The van der Waals surface area contributed by atoms with E-state index >= 15 is 0 Å². The summed E-state index contributed by atoms with van der Waals surface area (Å²) < 4.78 is 5.20. The molecule has 0 saturated heterocycles. The Morgan fingerprint density at radius 1 is 1.06 bits per heavy atom. The third-order valence-electron chi connectivity index (χ3n) is 4.86. The van der Waals surface area contributed by atoms with Crippen molar-refractivity contribution < 1.29 is 14.3 Å². The van der Waals surface area contributed by atoms with Crippen molar-refractivity contribution in [2.24, 2.45) is 5.92 Å². The molecule has 3 aromatic rings. The molecule has 31 heavy (non-hydrogen) atoms. The molecule has 2 amide bonds. The quantitative estimate of drug-likeness (QED) is 0.546. The molecule has 7 heteroatoms. The molecule has 2 N–H and O–H groups in total. The number of aryl methyl sites for hydroxylation is 1. The highest BCUT2D eigenvalue weighted by molar-refractivity contribution is 7.16. The second-order valence-corrected chi connectivity index (χ2v) is 8.80. The average Bonchev–Trinajstić information content (AvgIpc) is 3.12. The number of aromatic nitrogens is 1. The predicted octanol–water partition coefficient (Wildman–Crippen LogP) is 4.45. The molecule has 0 saturated carbocycles. The van der Waals surface area contributed by atoms with Crippen molar-refractivity contribution in [3.05, 3.63) is 65.0 Å². The maximum absolute atomic E-state index is 12.9. The number of hydrogen-bond donors (Lipinski definition) is 2. The zero-order valence-corrected chi connectivity index (χ0v) is 19.0. The molecule has 3 rings (SSSR count). The van der Waals surface area contributed by atoms with E-state index in [0.29, 0.717) is 5.13 Å². The van der Waals surface area contributed by atoms with Crippen LogP contribution in [-0.2, 0) is 16.0 Å². The highest BCUT2D eigenvalue weighted by atomic mass is 32.1. The molecule has 0 aliphatic carbocycles. The van der Waals surface area contributed by atoms with E-state index in [-0.39, 0.29) is 24.2 Å². The van der Waals surface area contributed by atoms with Gasteiger partial charge in [-0.15, -0.1) is 11.3 Å². The van der Waals surface area contributed by atoms with Crippen LogP contribution in [0.5, 0.6) is 5.75 Å². The monoisotopic (exact) mass is 437 g/mol. The molecule has 1 atom stereocenters. The van der Waals surface area contributed by atoms with Crippen LogP contribution in [0, 0.1) is 12.8 Å². The highest BCUT2D eigenvalue weighted by Gasteiger charge is 2.25. The summed E-state index contributed by atoms with van der Waals surface area (Å²) in [6.07, 6.45) is 0.231. The molecule has 0 radical (unpaired) electrons. The number of methoxy groups -OCH3 is 1. The van der Waals surface area contributed by atoms with E-state index in [2.05, 4.69) is 15.6 Å². The van der Waals surface area contributed by atoms with Gasteiger partial charge >= 0.3 is 0 Å². The average molecular weight is 438 g/mol. The number of nitrogens with zero attached hydrogens (tertiary/aromatic N) is 1. The Labute approximate surface area is 186 Å². The van der Waals surface area contributed by atoms with Crippen molar-refractivity contribution in [1.29, 1.82) is 0 Å². The number of ether oxygens (including phenoxy) is 1. The maximum Gasteiger partial charge on any atom is 0.248 e. The zero-order chi connectivity index (χ0) is 22.4. The van der Waals surface area contributed by atoms with Gasteiger partial charge in [-0.2, -0.15) is 0 Å². The van der Waals surface area contributed by atoms with Crippen LogP contribution in [0.4, 0.5) is 5.13 Å². The summed E-state index contributed by atoms with van der Waals surface area (Å²) >= 11 is 1.41. The summed E-state index contributed by atoms with van der Waals surface area (Å²) in [5.41, 5.74) is 2.67. The largest absolute Gasteiger partial charge is 0.497 e. The van der Waals surface area contributed by atoms with Gasteiger partial charge in [0.1, 0.15) is 11.8 Å². The van der Waals surface area contributed by atoms with Gasteiger partial charge in [-0.25, -0.2) is 4.98 Å². The predicted molar refractivity (Wildman–Crippen MR) is 124 cm³/mol. The van der Waals surface area contributed by atoms with Crippen molar-refractivity contribution in [3.63, 3.8) is 0 Å². The molecule has 0 unspecified atom stereocenters. The number of amides is 2. The normalized spacial score (nSPS) is 11.8. The van der Waals surface area contributed by atoms with Crippen molar-refractivity contribution in [2.75, 3.05) is 12.4 Å². The smallest absolute Gasteiger partial charge is 0.248 e. The topological polar surface area (TPSA) is 80.3 Å². The van der Waals surface area contributed by atoms with Crippen molar-refractivity contribution in [3.8, 4) is 17.0 Å². The fourth-order valence-electron chi connectivity index (χ4n) is 3.19. The van der Waals surface area contributed by atoms with Gasteiger partial charge in [0, 0.05) is 10.4 Å². The zero-order valence-electron chi connectivity index (χ0n) is 18.1. The Kier molecular flexibility index (Phi) is 7.41. The lowest BCUT2D eigenvalue weighted by Gasteiger charge is -2.21.